The van der Waals surface area contributed by atoms with Gasteiger partial charge in [0.25, 0.3) is 0 Å². The minimum absolute atomic E-state index is 0.103. The molecule has 0 radical (unpaired) electrons. The molecule has 0 saturated heterocycles. The molecule has 0 aliphatic rings. The Morgan fingerprint density at radius 1 is 0.923 bits per heavy atom. The third kappa shape index (κ3) is 1.59. The molecule has 2 N–H and O–H groups in total. The van der Waals surface area contributed by atoms with Gasteiger partial charge in [-0.15, -0.1) is 0 Å². The van der Waals surface area contributed by atoms with Gasteiger partial charge in [-0.2, -0.15) is 0 Å². The van der Waals surface area contributed by atoms with Gasteiger partial charge in [0.1, 0.15) is 15.1 Å². The predicted molar refractivity (Wildman–Crippen MR) is 51.4 cm³/mol. The quantitative estimate of drug-likeness (QED) is 0.589. The van der Waals surface area contributed by atoms with Gasteiger partial charge in [0.05, 0.1) is 7.11 Å². The maximum atomic E-state index is 9.35. The van der Waals surface area contributed by atoms with Crippen LogP contribution in [0.4, 0.5) is 0 Å². The van der Waals surface area contributed by atoms with Crippen LogP contribution in [0.1, 0.15) is 0 Å². The maximum Gasteiger partial charge on any atom is 0.184 e. The van der Waals surface area contributed by atoms with Crippen LogP contribution in [0.15, 0.2) is 0 Å². The number of hydrogen-bond donors (Lipinski definition) is 2. The molecule has 1 rings (SSSR count). The standard InChI is InChI=1S/C7H5Cl3O3/c1-13-7-4(10)5(11)2(8)3(9)6(7)12/h11-12H,1H3. The van der Waals surface area contributed by atoms with E-state index < -0.39 is 11.5 Å². The lowest BCUT2D eigenvalue weighted by atomic mass is 10.3. The highest BCUT2D eigenvalue weighted by atomic mass is 35.5. The summed E-state index contributed by atoms with van der Waals surface area (Å²) in [7, 11) is 1.28. The summed E-state index contributed by atoms with van der Waals surface area (Å²) < 4.78 is 4.71. The number of hydrogen-bond acceptors (Lipinski definition) is 3. The van der Waals surface area contributed by atoms with Gasteiger partial charge in [-0.3, -0.25) is 0 Å². The Kier molecular flexibility index (Phi) is 3.01. The van der Waals surface area contributed by atoms with Gasteiger partial charge in [0.2, 0.25) is 0 Å². The highest BCUT2D eigenvalue weighted by Crippen LogP contribution is 2.50. The topological polar surface area (TPSA) is 49.7 Å². The van der Waals surface area contributed by atoms with Crippen molar-refractivity contribution >= 4 is 34.8 Å². The SMILES string of the molecule is COc1c(O)c(Cl)c(Cl)c(O)c1Cl. The number of aromatic hydroxyl groups is 2. The van der Waals surface area contributed by atoms with E-state index in [1.165, 1.54) is 7.11 Å². The Bertz CT molecular complexity index is 322. The van der Waals surface area contributed by atoms with Crippen LogP contribution in [-0.2, 0) is 0 Å². The van der Waals surface area contributed by atoms with Crippen LogP contribution in [-0.4, -0.2) is 17.3 Å². The number of halogens is 3. The molecule has 0 spiro atoms. The van der Waals surface area contributed by atoms with E-state index in [1.807, 2.05) is 0 Å². The fourth-order valence-corrected chi connectivity index (χ4v) is 1.47. The second-order valence-corrected chi connectivity index (χ2v) is 3.31. The number of benzene rings is 1. The summed E-state index contributed by atoms with van der Waals surface area (Å²) in [4.78, 5) is 0. The molecule has 0 bridgehead atoms. The third-order valence-electron chi connectivity index (χ3n) is 1.43. The Morgan fingerprint density at radius 3 is 1.85 bits per heavy atom. The van der Waals surface area contributed by atoms with Crippen LogP contribution in [0, 0.1) is 0 Å². The molecule has 13 heavy (non-hydrogen) atoms. The number of methoxy groups -OCH3 is 1. The zero-order chi connectivity index (χ0) is 10.2. The summed E-state index contributed by atoms with van der Waals surface area (Å²) >= 11 is 16.7. The second kappa shape index (κ2) is 3.70. The second-order valence-electron chi connectivity index (χ2n) is 2.17. The largest absolute Gasteiger partial charge is 0.505 e. The van der Waals surface area contributed by atoms with E-state index in [9.17, 15) is 10.2 Å². The zero-order valence-corrected chi connectivity index (χ0v) is 8.70. The van der Waals surface area contributed by atoms with E-state index in [-0.39, 0.29) is 20.8 Å². The molecule has 0 amide bonds. The van der Waals surface area contributed by atoms with Crippen molar-refractivity contribution in [3.63, 3.8) is 0 Å². The van der Waals surface area contributed by atoms with E-state index in [0.717, 1.165) is 0 Å². The first-order valence-electron chi connectivity index (χ1n) is 3.13. The minimum atomic E-state index is -0.414. The summed E-state index contributed by atoms with van der Waals surface area (Å²) in [6.45, 7) is 0. The summed E-state index contributed by atoms with van der Waals surface area (Å²) in [5.41, 5.74) is 0. The van der Waals surface area contributed by atoms with Gasteiger partial charge in [-0.1, -0.05) is 34.8 Å². The molecule has 0 aliphatic carbocycles. The van der Waals surface area contributed by atoms with E-state index in [4.69, 9.17) is 39.5 Å². The average molecular weight is 243 g/mol. The summed E-state index contributed by atoms with van der Waals surface area (Å²) in [6, 6.07) is 0. The van der Waals surface area contributed by atoms with Crippen molar-refractivity contribution in [3.8, 4) is 17.2 Å². The molecule has 0 unspecified atom stereocenters. The molecule has 6 heteroatoms. The normalized spacial score (nSPS) is 10.2. The zero-order valence-electron chi connectivity index (χ0n) is 6.44. The van der Waals surface area contributed by atoms with Crippen LogP contribution in [0.2, 0.25) is 15.1 Å². The molecular weight excluding hydrogens is 238 g/mol. The van der Waals surface area contributed by atoms with Crippen LogP contribution in [0.25, 0.3) is 0 Å². The van der Waals surface area contributed by atoms with Crippen molar-refractivity contribution < 1.29 is 14.9 Å². The lowest BCUT2D eigenvalue weighted by Gasteiger charge is -2.10. The molecular formula is C7H5Cl3O3. The van der Waals surface area contributed by atoms with Gasteiger partial charge in [0.15, 0.2) is 17.2 Å². The number of ether oxygens (including phenoxy) is 1. The van der Waals surface area contributed by atoms with Crippen LogP contribution in [0.3, 0.4) is 0 Å². The van der Waals surface area contributed by atoms with Gasteiger partial charge in [-0.25, -0.2) is 0 Å². The lowest BCUT2D eigenvalue weighted by molar-refractivity contribution is 0.369. The highest BCUT2D eigenvalue weighted by molar-refractivity contribution is 6.46. The number of phenolic OH excluding ortho intramolecular Hbond substituents is 2. The average Bonchev–Trinajstić information content (AvgIpc) is 2.13. The molecule has 1 aromatic carbocycles. The Labute approximate surface area is 89.4 Å². The molecule has 1 aromatic rings. The van der Waals surface area contributed by atoms with E-state index >= 15 is 0 Å². The van der Waals surface area contributed by atoms with Crippen molar-refractivity contribution in [1.82, 2.24) is 0 Å². The number of phenols is 2. The first kappa shape index (κ1) is 10.6. The van der Waals surface area contributed by atoms with Crippen molar-refractivity contribution in [2.45, 2.75) is 0 Å². The van der Waals surface area contributed by atoms with Crippen molar-refractivity contribution in [1.29, 1.82) is 0 Å². The highest BCUT2D eigenvalue weighted by Gasteiger charge is 2.20. The molecule has 72 valence electrons. The molecule has 0 fully saturated rings. The predicted octanol–water partition coefficient (Wildman–Crippen LogP) is 3.07. The monoisotopic (exact) mass is 242 g/mol. The molecule has 3 nitrogen and oxygen atoms in total. The molecule has 0 aromatic heterocycles. The Hall–Kier alpha value is -0.510. The third-order valence-corrected chi connectivity index (χ3v) is 2.62. The summed E-state index contributed by atoms with van der Waals surface area (Å²) in [6.07, 6.45) is 0. The summed E-state index contributed by atoms with van der Waals surface area (Å²) in [5, 5.41) is 18.1. The van der Waals surface area contributed by atoms with Gasteiger partial charge >= 0.3 is 0 Å². The van der Waals surface area contributed by atoms with Gasteiger partial charge < -0.3 is 14.9 Å². The Morgan fingerprint density at radius 2 is 1.38 bits per heavy atom. The molecule has 0 saturated carbocycles. The fraction of sp³-hybridized carbons (Fsp3) is 0.143. The van der Waals surface area contributed by atoms with E-state index in [2.05, 4.69) is 0 Å². The first-order valence-corrected chi connectivity index (χ1v) is 4.26. The van der Waals surface area contributed by atoms with E-state index in [0.29, 0.717) is 0 Å². The van der Waals surface area contributed by atoms with Crippen molar-refractivity contribution in [2.75, 3.05) is 7.11 Å². The molecule has 0 aliphatic heterocycles. The number of rotatable bonds is 1. The van der Waals surface area contributed by atoms with Crippen LogP contribution < -0.4 is 4.74 Å². The summed E-state index contributed by atoms with van der Waals surface area (Å²) in [5.74, 6) is -0.909. The van der Waals surface area contributed by atoms with Crippen LogP contribution in [0.5, 0.6) is 17.2 Å². The first-order chi connectivity index (χ1) is 6.00. The van der Waals surface area contributed by atoms with Crippen molar-refractivity contribution in [3.05, 3.63) is 15.1 Å². The van der Waals surface area contributed by atoms with E-state index in [1.54, 1.807) is 0 Å². The Balaban J connectivity index is 3.56. The minimum Gasteiger partial charge on any atom is -0.505 e. The van der Waals surface area contributed by atoms with Gasteiger partial charge in [0, 0.05) is 0 Å². The van der Waals surface area contributed by atoms with Crippen LogP contribution >= 0.6 is 34.8 Å². The smallest absolute Gasteiger partial charge is 0.184 e. The fourth-order valence-electron chi connectivity index (χ4n) is 0.802. The maximum absolute atomic E-state index is 9.35. The molecule has 0 heterocycles. The van der Waals surface area contributed by atoms with Gasteiger partial charge in [-0.05, 0) is 0 Å². The molecule has 0 atom stereocenters. The lowest BCUT2D eigenvalue weighted by Crippen LogP contribution is -1.87. The van der Waals surface area contributed by atoms with Crippen molar-refractivity contribution in [2.24, 2.45) is 0 Å².